The van der Waals surface area contributed by atoms with Crippen molar-refractivity contribution in [1.82, 2.24) is 0 Å². The topological polar surface area (TPSA) is 119 Å². The zero-order valence-corrected chi connectivity index (χ0v) is 11.5. The van der Waals surface area contributed by atoms with Crippen LogP contribution in [-0.2, 0) is 14.8 Å². The average Bonchev–Trinajstić information content (AvgIpc) is 2.83. The molecule has 1 saturated heterocycles. The van der Waals surface area contributed by atoms with Crippen LogP contribution in [0.2, 0.25) is 0 Å². The fourth-order valence-electron chi connectivity index (χ4n) is 2.02. The Kier molecular flexibility index (Phi) is 4.15. The van der Waals surface area contributed by atoms with Crippen molar-refractivity contribution in [2.45, 2.75) is 18.9 Å². The monoisotopic (exact) mass is 300 g/mol. The molecule has 1 heterocycles. The van der Waals surface area contributed by atoms with Crippen molar-refractivity contribution >= 4 is 27.4 Å². The molecule has 1 aromatic carbocycles. The van der Waals surface area contributed by atoms with Gasteiger partial charge >= 0.3 is 5.97 Å². The molecule has 1 aliphatic heterocycles. The minimum absolute atomic E-state index is 0.00424. The maximum atomic E-state index is 12.0. The van der Waals surface area contributed by atoms with Gasteiger partial charge in [0.2, 0.25) is 10.0 Å². The Balaban J connectivity index is 2.10. The number of rotatable bonds is 5. The summed E-state index contributed by atoms with van der Waals surface area (Å²) >= 11 is 0. The number of carboxylic acid groups (broad SMARTS) is 1. The summed E-state index contributed by atoms with van der Waals surface area (Å²) in [7, 11) is -3.58. The predicted molar refractivity (Wildman–Crippen MR) is 74.2 cm³/mol. The third-order valence-electron chi connectivity index (χ3n) is 2.99. The zero-order valence-electron chi connectivity index (χ0n) is 10.7. The van der Waals surface area contributed by atoms with E-state index in [-0.39, 0.29) is 28.8 Å². The lowest BCUT2D eigenvalue weighted by atomic mass is 10.2. The van der Waals surface area contributed by atoms with Crippen molar-refractivity contribution in [3.63, 3.8) is 0 Å². The Morgan fingerprint density at radius 2 is 2.25 bits per heavy atom. The van der Waals surface area contributed by atoms with Crippen molar-refractivity contribution < 1.29 is 23.1 Å². The van der Waals surface area contributed by atoms with Crippen LogP contribution in [-0.4, -0.2) is 38.0 Å². The first-order valence-electron chi connectivity index (χ1n) is 6.12. The molecule has 0 aliphatic carbocycles. The van der Waals surface area contributed by atoms with E-state index in [1.54, 1.807) is 0 Å². The maximum Gasteiger partial charge on any atom is 0.335 e. The number of ether oxygens (including phenoxy) is 1. The van der Waals surface area contributed by atoms with Gasteiger partial charge in [0.15, 0.2) is 0 Å². The highest BCUT2D eigenvalue weighted by Gasteiger charge is 2.23. The van der Waals surface area contributed by atoms with Gasteiger partial charge in [-0.25, -0.2) is 13.2 Å². The summed E-state index contributed by atoms with van der Waals surface area (Å²) in [5.41, 5.74) is 5.90. The quantitative estimate of drug-likeness (QED) is 0.695. The molecule has 0 radical (unpaired) electrons. The lowest BCUT2D eigenvalue weighted by molar-refractivity contribution is 0.0697. The summed E-state index contributed by atoms with van der Waals surface area (Å²) < 4.78 is 31.6. The fourth-order valence-corrected chi connectivity index (χ4v) is 3.38. The van der Waals surface area contributed by atoms with E-state index in [0.29, 0.717) is 13.0 Å². The highest BCUT2D eigenvalue weighted by atomic mass is 32.2. The second kappa shape index (κ2) is 5.68. The lowest BCUT2D eigenvalue weighted by Crippen LogP contribution is -2.26. The normalized spacial score (nSPS) is 18.9. The Bertz CT molecular complexity index is 608. The van der Waals surface area contributed by atoms with E-state index < -0.39 is 16.0 Å². The molecule has 4 N–H and O–H groups in total. The van der Waals surface area contributed by atoms with Crippen molar-refractivity contribution in [3.8, 4) is 0 Å². The van der Waals surface area contributed by atoms with Crippen LogP contribution in [0.5, 0.6) is 0 Å². The van der Waals surface area contributed by atoms with Gasteiger partial charge in [0, 0.05) is 6.61 Å². The molecule has 0 aromatic heterocycles. The number of nitrogens with one attached hydrogen (secondary N) is 1. The second-order valence-electron chi connectivity index (χ2n) is 4.63. The van der Waals surface area contributed by atoms with Gasteiger partial charge in [0.05, 0.1) is 28.8 Å². The highest BCUT2D eigenvalue weighted by Crippen LogP contribution is 2.22. The second-order valence-corrected chi connectivity index (χ2v) is 6.39. The molecular formula is C12H16N2O5S. The molecular weight excluding hydrogens is 284 g/mol. The number of hydrogen-bond acceptors (Lipinski definition) is 5. The average molecular weight is 300 g/mol. The molecule has 0 spiro atoms. The van der Waals surface area contributed by atoms with Gasteiger partial charge in [-0.2, -0.15) is 0 Å². The van der Waals surface area contributed by atoms with Crippen LogP contribution >= 0.6 is 0 Å². The van der Waals surface area contributed by atoms with Crippen LogP contribution in [0.15, 0.2) is 18.2 Å². The van der Waals surface area contributed by atoms with Gasteiger partial charge < -0.3 is 15.6 Å². The van der Waals surface area contributed by atoms with E-state index in [1.165, 1.54) is 18.2 Å². The van der Waals surface area contributed by atoms with Gasteiger partial charge in [0.25, 0.3) is 0 Å². The van der Waals surface area contributed by atoms with Crippen molar-refractivity contribution in [3.05, 3.63) is 23.8 Å². The first-order chi connectivity index (χ1) is 9.37. The van der Waals surface area contributed by atoms with Crippen LogP contribution in [0.1, 0.15) is 23.2 Å². The van der Waals surface area contributed by atoms with Crippen LogP contribution in [0.4, 0.5) is 11.4 Å². The van der Waals surface area contributed by atoms with Crippen LogP contribution in [0.3, 0.4) is 0 Å². The molecule has 8 heteroatoms. The Morgan fingerprint density at radius 3 is 2.80 bits per heavy atom. The van der Waals surface area contributed by atoms with Gasteiger partial charge in [-0.05, 0) is 31.0 Å². The smallest absolute Gasteiger partial charge is 0.335 e. The molecule has 0 saturated carbocycles. The third kappa shape index (κ3) is 3.61. The van der Waals surface area contributed by atoms with E-state index in [9.17, 15) is 13.2 Å². The van der Waals surface area contributed by atoms with Gasteiger partial charge in [0.1, 0.15) is 0 Å². The van der Waals surface area contributed by atoms with Crippen LogP contribution in [0.25, 0.3) is 0 Å². The number of nitrogen functional groups attached to an aromatic ring is 1. The largest absolute Gasteiger partial charge is 0.478 e. The number of aromatic carboxylic acids is 1. The molecule has 7 nitrogen and oxygen atoms in total. The number of nitrogens with two attached hydrogens (primary N) is 1. The molecule has 110 valence electrons. The predicted octanol–water partition coefficient (Wildman–Crippen LogP) is 0.888. The summed E-state index contributed by atoms with van der Waals surface area (Å²) in [5, 5.41) is 8.81. The molecule has 2 rings (SSSR count). The molecule has 1 aromatic rings. The Morgan fingerprint density at radius 1 is 1.50 bits per heavy atom. The third-order valence-corrected chi connectivity index (χ3v) is 4.33. The fraction of sp³-hybridized carbons (Fsp3) is 0.417. The first kappa shape index (κ1) is 14.6. The van der Waals surface area contributed by atoms with Crippen molar-refractivity contribution in [2.24, 2.45) is 0 Å². The van der Waals surface area contributed by atoms with Gasteiger partial charge in [-0.3, -0.25) is 4.72 Å². The summed E-state index contributed by atoms with van der Waals surface area (Å²) in [6, 6.07) is 3.85. The van der Waals surface area contributed by atoms with E-state index in [0.717, 1.165) is 6.42 Å². The van der Waals surface area contributed by atoms with Crippen LogP contribution < -0.4 is 10.5 Å². The van der Waals surface area contributed by atoms with Gasteiger partial charge in [-0.15, -0.1) is 0 Å². The SMILES string of the molecule is Nc1cc(C(=O)O)ccc1NS(=O)(=O)CC1CCCO1. The number of carboxylic acids is 1. The van der Waals surface area contributed by atoms with E-state index in [4.69, 9.17) is 15.6 Å². The number of carbonyl (C=O) groups is 1. The van der Waals surface area contributed by atoms with Crippen molar-refractivity contribution in [2.75, 3.05) is 22.8 Å². The Hall–Kier alpha value is -1.80. The Labute approximate surface area is 116 Å². The molecule has 1 fully saturated rings. The minimum Gasteiger partial charge on any atom is -0.478 e. The van der Waals surface area contributed by atoms with E-state index in [2.05, 4.69) is 4.72 Å². The summed E-state index contributed by atoms with van der Waals surface area (Å²) in [5.74, 6) is -1.25. The standard InChI is InChI=1S/C12H16N2O5S/c13-10-6-8(12(15)16)3-4-11(10)14-20(17,18)7-9-2-1-5-19-9/h3-4,6,9,14H,1-2,5,7,13H2,(H,15,16). The number of sulfonamides is 1. The molecule has 20 heavy (non-hydrogen) atoms. The van der Waals surface area contributed by atoms with E-state index in [1.807, 2.05) is 0 Å². The molecule has 1 atom stereocenters. The van der Waals surface area contributed by atoms with E-state index >= 15 is 0 Å². The molecule has 0 amide bonds. The van der Waals surface area contributed by atoms with Crippen LogP contribution in [0, 0.1) is 0 Å². The molecule has 1 aliphatic rings. The summed E-state index contributed by atoms with van der Waals surface area (Å²) in [6.07, 6.45) is 1.27. The van der Waals surface area contributed by atoms with Crippen molar-refractivity contribution in [1.29, 1.82) is 0 Å². The first-order valence-corrected chi connectivity index (χ1v) is 7.77. The highest BCUT2D eigenvalue weighted by molar-refractivity contribution is 7.92. The minimum atomic E-state index is -3.58. The number of hydrogen-bond donors (Lipinski definition) is 3. The summed E-state index contributed by atoms with van der Waals surface area (Å²) in [4.78, 5) is 10.8. The lowest BCUT2D eigenvalue weighted by Gasteiger charge is -2.13. The summed E-state index contributed by atoms with van der Waals surface area (Å²) in [6.45, 7) is 0.579. The number of anilines is 2. The van der Waals surface area contributed by atoms with Gasteiger partial charge in [-0.1, -0.05) is 0 Å². The zero-order chi connectivity index (χ0) is 14.8. The maximum absolute atomic E-state index is 12.0. The number of benzene rings is 1. The molecule has 1 unspecified atom stereocenters. The molecule has 0 bridgehead atoms.